The first-order chi connectivity index (χ1) is 7.20. The van der Waals surface area contributed by atoms with Crippen LogP contribution in [-0.4, -0.2) is 38.4 Å². The maximum absolute atomic E-state index is 10.7. The number of esters is 2. The lowest BCUT2D eigenvalue weighted by Gasteiger charge is -2.05. The van der Waals surface area contributed by atoms with Gasteiger partial charge in [-0.25, -0.2) is 4.79 Å². The van der Waals surface area contributed by atoms with Crippen molar-refractivity contribution in [3.05, 3.63) is 12.7 Å². The quantitative estimate of drug-likeness (QED) is 0.339. The van der Waals surface area contributed by atoms with E-state index in [2.05, 4.69) is 11.3 Å². The molecule has 0 saturated heterocycles. The van der Waals surface area contributed by atoms with Gasteiger partial charge in [-0.1, -0.05) is 13.5 Å². The average Bonchev–Trinajstić information content (AvgIpc) is 2.26. The highest BCUT2D eigenvalue weighted by Gasteiger charge is 1.98. The second-order valence-corrected chi connectivity index (χ2v) is 2.56. The van der Waals surface area contributed by atoms with Gasteiger partial charge in [0.1, 0.15) is 13.2 Å². The molecule has 86 valence electrons. The zero-order valence-electron chi connectivity index (χ0n) is 8.86. The molecule has 0 unspecified atom stereocenters. The third-order valence-corrected chi connectivity index (χ3v) is 1.42. The molecule has 0 spiro atoms. The van der Waals surface area contributed by atoms with Gasteiger partial charge in [-0.2, -0.15) is 0 Å². The molecule has 0 N–H and O–H groups in total. The molecule has 0 fully saturated rings. The first-order valence-corrected chi connectivity index (χ1v) is 4.73. The summed E-state index contributed by atoms with van der Waals surface area (Å²) < 4.78 is 14.4. The summed E-state index contributed by atoms with van der Waals surface area (Å²) in [6.07, 6.45) is 1.44. The van der Waals surface area contributed by atoms with Crippen molar-refractivity contribution in [3.63, 3.8) is 0 Å². The van der Waals surface area contributed by atoms with Gasteiger partial charge in [0.2, 0.25) is 0 Å². The second-order valence-electron chi connectivity index (χ2n) is 2.56. The third-order valence-electron chi connectivity index (χ3n) is 1.42. The molecular weight excluding hydrogens is 200 g/mol. The van der Waals surface area contributed by atoms with Gasteiger partial charge in [0.25, 0.3) is 0 Å². The zero-order chi connectivity index (χ0) is 11.5. The standard InChI is InChI=1S/C10H16O5/c1-3-9(11)14-7-5-13-6-8-15-10(12)4-2/h3H,1,4-8H2,2H3. The van der Waals surface area contributed by atoms with E-state index >= 15 is 0 Å². The molecule has 5 nitrogen and oxygen atoms in total. The summed E-state index contributed by atoms with van der Waals surface area (Å²) in [5.74, 6) is -0.729. The van der Waals surface area contributed by atoms with Crippen LogP contribution in [0, 0.1) is 0 Å². The summed E-state index contributed by atoms with van der Waals surface area (Å²) in [4.78, 5) is 21.2. The molecule has 0 amide bonds. The van der Waals surface area contributed by atoms with Gasteiger partial charge in [-0.3, -0.25) is 4.79 Å². The summed E-state index contributed by atoms with van der Waals surface area (Å²) in [7, 11) is 0. The lowest BCUT2D eigenvalue weighted by molar-refractivity contribution is -0.145. The van der Waals surface area contributed by atoms with Crippen LogP contribution in [0.3, 0.4) is 0 Å². The predicted molar refractivity (Wildman–Crippen MR) is 53.2 cm³/mol. The Morgan fingerprint density at radius 1 is 1.13 bits per heavy atom. The molecule has 0 aliphatic rings. The van der Waals surface area contributed by atoms with Crippen LogP contribution in [0.5, 0.6) is 0 Å². The van der Waals surface area contributed by atoms with Crippen molar-refractivity contribution >= 4 is 11.9 Å². The van der Waals surface area contributed by atoms with E-state index < -0.39 is 5.97 Å². The fraction of sp³-hybridized carbons (Fsp3) is 0.600. The fourth-order valence-electron chi connectivity index (χ4n) is 0.679. The molecule has 0 aliphatic carbocycles. The van der Waals surface area contributed by atoms with Gasteiger partial charge < -0.3 is 14.2 Å². The highest BCUT2D eigenvalue weighted by Crippen LogP contribution is 1.86. The Labute approximate surface area is 89.0 Å². The van der Waals surface area contributed by atoms with E-state index in [1.54, 1.807) is 6.92 Å². The van der Waals surface area contributed by atoms with E-state index in [9.17, 15) is 9.59 Å². The Bertz CT molecular complexity index is 212. The van der Waals surface area contributed by atoms with Crippen LogP contribution in [0.4, 0.5) is 0 Å². The monoisotopic (exact) mass is 216 g/mol. The number of hydrogen-bond acceptors (Lipinski definition) is 5. The van der Waals surface area contributed by atoms with Crippen molar-refractivity contribution in [1.29, 1.82) is 0 Å². The van der Waals surface area contributed by atoms with Gasteiger partial charge in [0.05, 0.1) is 13.2 Å². The molecule has 0 rings (SSSR count). The maximum Gasteiger partial charge on any atom is 0.330 e. The number of ether oxygens (including phenoxy) is 3. The summed E-state index contributed by atoms with van der Waals surface area (Å²) in [6, 6.07) is 0. The van der Waals surface area contributed by atoms with E-state index in [1.807, 2.05) is 0 Å². The molecule has 0 aromatic rings. The molecule has 0 bridgehead atoms. The van der Waals surface area contributed by atoms with Crippen molar-refractivity contribution in [2.45, 2.75) is 13.3 Å². The highest BCUT2D eigenvalue weighted by atomic mass is 16.6. The van der Waals surface area contributed by atoms with Crippen molar-refractivity contribution in [3.8, 4) is 0 Å². The first kappa shape index (κ1) is 13.6. The number of hydrogen-bond donors (Lipinski definition) is 0. The maximum atomic E-state index is 10.7. The molecule has 5 heteroatoms. The molecule has 0 radical (unpaired) electrons. The number of rotatable bonds is 8. The molecule has 0 aromatic heterocycles. The van der Waals surface area contributed by atoms with Crippen LogP contribution in [0.1, 0.15) is 13.3 Å². The molecule has 0 aromatic carbocycles. The number of carbonyl (C=O) groups is 2. The summed E-state index contributed by atoms with van der Waals surface area (Å²) in [5.41, 5.74) is 0. The van der Waals surface area contributed by atoms with Crippen LogP contribution in [0.25, 0.3) is 0 Å². The summed E-state index contributed by atoms with van der Waals surface area (Å²) >= 11 is 0. The van der Waals surface area contributed by atoms with Crippen LogP contribution >= 0.6 is 0 Å². The number of carbonyl (C=O) groups excluding carboxylic acids is 2. The normalized spacial score (nSPS) is 9.40. The minimum atomic E-state index is -0.476. The van der Waals surface area contributed by atoms with Crippen molar-refractivity contribution in [2.75, 3.05) is 26.4 Å². The fourth-order valence-corrected chi connectivity index (χ4v) is 0.679. The van der Waals surface area contributed by atoms with Crippen LogP contribution in [-0.2, 0) is 23.8 Å². The summed E-state index contributed by atoms with van der Waals surface area (Å²) in [5, 5.41) is 0. The van der Waals surface area contributed by atoms with Crippen molar-refractivity contribution in [2.24, 2.45) is 0 Å². The lowest BCUT2D eigenvalue weighted by Crippen LogP contribution is -2.13. The van der Waals surface area contributed by atoms with Gasteiger partial charge in [-0.05, 0) is 0 Å². The van der Waals surface area contributed by atoms with Crippen molar-refractivity contribution in [1.82, 2.24) is 0 Å². The molecule has 15 heavy (non-hydrogen) atoms. The smallest absolute Gasteiger partial charge is 0.330 e. The highest BCUT2D eigenvalue weighted by molar-refractivity contribution is 5.81. The van der Waals surface area contributed by atoms with Gasteiger partial charge in [0.15, 0.2) is 0 Å². The van der Waals surface area contributed by atoms with Gasteiger partial charge >= 0.3 is 11.9 Å². The second kappa shape index (κ2) is 9.21. The Hall–Kier alpha value is -1.36. The van der Waals surface area contributed by atoms with Gasteiger partial charge in [0, 0.05) is 12.5 Å². The predicted octanol–water partition coefficient (Wildman–Crippen LogP) is 0.685. The average molecular weight is 216 g/mol. The van der Waals surface area contributed by atoms with E-state index in [0.29, 0.717) is 13.0 Å². The van der Waals surface area contributed by atoms with Crippen LogP contribution < -0.4 is 0 Å². The third kappa shape index (κ3) is 8.96. The Morgan fingerprint density at radius 3 is 2.27 bits per heavy atom. The van der Waals surface area contributed by atoms with E-state index in [0.717, 1.165) is 6.08 Å². The van der Waals surface area contributed by atoms with Crippen LogP contribution in [0.15, 0.2) is 12.7 Å². The Kier molecular flexibility index (Phi) is 8.37. The molecular formula is C10H16O5. The molecule has 0 aliphatic heterocycles. The molecule has 0 saturated carbocycles. The summed E-state index contributed by atoms with van der Waals surface area (Å²) in [6.45, 7) is 5.95. The topological polar surface area (TPSA) is 61.8 Å². The first-order valence-electron chi connectivity index (χ1n) is 4.73. The minimum Gasteiger partial charge on any atom is -0.463 e. The Balaban J connectivity index is 3.15. The van der Waals surface area contributed by atoms with Gasteiger partial charge in [-0.15, -0.1) is 0 Å². The minimum absolute atomic E-state index is 0.173. The van der Waals surface area contributed by atoms with Crippen molar-refractivity contribution < 1.29 is 23.8 Å². The largest absolute Gasteiger partial charge is 0.463 e. The van der Waals surface area contributed by atoms with E-state index in [4.69, 9.17) is 9.47 Å². The van der Waals surface area contributed by atoms with E-state index in [-0.39, 0.29) is 25.8 Å². The Morgan fingerprint density at radius 2 is 1.73 bits per heavy atom. The van der Waals surface area contributed by atoms with Crippen LogP contribution in [0.2, 0.25) is 0 Å². The zero-order valence-corrected chi connectivity index (χ0v) is 8.86. The molecule has 0 heterocycles. The van der Waals surface area contributed by atoms with E-state index in [1.165, 1.54) is 0 Å². The molecule has 0 atom stereocenters. The lowest BCUT2D eigenvalue weighted by atomic mass is 10.5. The SMILES string of the molecule is C=CC(=O)OCCOCCOC(=O)CC.